The Morgan fingerprint density at radius 1 is 1.09 bits per heavy atom. The third-order valence-electron chi connectivity index (χ3n) is 3.49. The van der Waals surface area contributed by atoms with Gasteiger partial charge in [0.2, 0.25) is 6.10 Å². The van der Waals surface area contributed by atoms with Crippen LogP contribution < -0.4 is 0 Å². The first-order chi connectivity index (χ1) is 10.6. The van der Waals surface area contributed by atoms with Gasteiger partial charge in [0.15, 0.2) is 0 Å². The van der Waals surface area contributed by atoms with E-state index in [2.05, 4.69) is 33.8 Å². The second kappa shape index (κ2) is 10.5. The molecule has 0 aromatic rings. The number of rotatable bonds is 9. The van der Waals surface area contributed by atoms with Gasteiger partial charge in [-0.25, -0.2) is 4.79 Å². The quantitative estimate of drug-likeness (QED) is 0.456. The van der Waals surface area contributed by atoms with Crippen molar-refractivity contribution < 1.29 is 19.1 Å². The fraction of sp³-hybridized carbons (Fsp3) is 0.789. The second-order valence-electron chi connectivity index (χ2n) is 7.39. The van der Waals surface area contributed by atoms with Crippen LogP contribution in [-0.2, 0) is 19.1 Å². The average molecular weight is 326 g/mol. The lowest BCUT2D eigenvalue weighted by atomic mass is 9.90. The van der Waals surface area contributed by atoms with Crippen molar-refractivity contribution in [2.75, 3.05) is 6.61 Å². The van der Waals surface area contributed by atoms with E-state index in [9.17, 15) is 9.59 Å². The lowest BCUT2D eigenvalue weighted by Gasteiger charge is -2.20. The number of hydrogen-bond donors (Lipinski definition) is 0. The minimum atomic E-state index is -0.814. The SMILES string of the molecule is CCOC(=O)C(OC(=O)CC/C(=C/CC(C)(C)C)CC)C(C)C. The maximum Gasteiger partial charge on any atom is 0.347 e. The smallest absolute Gasteiger partial charge is 0.347 e. The molecule has 0 bridgehead atoms. The highest BCUT2D eigenvalue weighted by Gasteiger charge is 2.27. The minimum Gasteiger partial charge on any atom is -0.463 e. The lowest BCUT2D eigenvalue weighted by molar-refractivity contribution is -0.170. The maximum atomic E-state index is 12.0. The summed E-state index contributed by atoms with van der Waals surface area (Å²) in [4.78, 5) is 23.8. The Hall–Kier alpha value is -1.32. The summed E-state index contributed by atoms with van der Waals surface area (Å²) in [5.74, 6) is -0.901. The van der Waals surface area contributed by atoms with Crippen molar-refractivity contribution in [1.82, 2.24) is 0 Å². The van der Waals surface area contributed by atoms with E-state index in [1.807, 2.05) is 13.8 Å². The molecule has 1 unspecified atom stereocenters. The summed E-state index contributed by atoms with van der Waals surface area (Å²) in [6, 6.07) is 0. The predicted octanol–water partition coefficient (Wildman–Crippen LogP) is 4.67. The highest BCUT2D eigenvalue weighted by Crippen LogP contribution is 2.22. The van der Waals surface area contributed by atoms with Gasteiger partial charge >= 0.3 is 11.9 Å². The highest BCUT2D eigenvalue weighted by atomic mass is 16.6. The van der Waals surface area contributed by atoms with Crippen molar-refractivity contribution in [3.8, 4) is 0 Å². The van der Waals surface area contributed by atoms with E-state index >= 15 is 0 Å². The Morgan fingerprint density at radius 2 is 1.70 bits per heavy atom. The number of carbonyl (C=O) groups is 2. The molecule has 4 heteroatoms. The zero-order chi connectivity index (χ0) is 18.0. The fourth-order valence-corrected chi connectivity index (χ4v) is 2.02. The van der Waals surface area contributed by atoms with Crippen LogP contribution in [0, 0.1) is 11.3 Å². The minimum absolute atomic E-state index is 0.0971. The molecule has 0 aliphatic heterocycles. The molecule has 0 spiro atoms. The Morgan fingerprint density at radius 3 is 2.13 bits per heavy atom. The molecular formula is C19H34O4. The number of carbonyl (C=O) groups excluding carboxylic acids is 2. The monoisotopic (exact) mass is 326 g/mol. The van der Waals surface area contributed by atoms with Gasteiger partial charge in [-0.3, -0.25) is 4.79 Å². The topological polar surface area (TPSA) is 52.6 Å². The number of esters is 2. The molecule has 0 saturated carbocycles. The van der Waals surface area contributed by atoms with Crippen molar-refractivity contribution in [2.45, 2.75) is 80.3 Å². The van der Waals surface area contributed by atoms with Crippen molar-refractivity contribution in [2.24, 2.45) is 11.3 Å². The van der Waals surface area contributed by atoms with Gasteiger partial charge < -0.3 is 9.47 Å². The molecule has 0 aliphatic rings. The summed E-state index contributed by atoms with van der Waals surface area (Å²) in [5, 5.41) is 0. The van der Waals surface area contributed by atoms with E-state index in [0.717, 1.165) is 12.8 Å². The van der Waals surface area contributed by atoms with E-state index in [1.54, 1.807) is 6.92 Å². The van der Waals surface area contributed by atoms with Crippen LogP contribution in [0.4, 0.5) is 0 Å². The van der Waals surface area contributed by atoms with Gasteiger partial charge in [-0.05, 0) is 31.6 Å². The standard InChI is InChI=1S/C19H34O4/c1-8-15(12-13-19(5,6)7)10-11-16(20)23-17(14(3)4)18(21)22-9-2/h12,14,17H,8-11,13H2,1-7H3/b15-12+. The molecule has 0 saturated heterocycles. The van der Waals surface area contributed by atoms with Gasteiger partial charge in [-0.15, -0.1) is 0 Å². The number of allylic oxidation sites excluding steroid dienone is 2. The molecule has 0 aromatic heterocycles. The van der Waals surface area contributed by atoms with Crippen LogP contribution in [0.2, 0.25) is 0 Å². The Balaban J connectivity index is 4.53. The molecule has 0 N–H and O–H groups in total. The van der Waals surface area contributed by atoms with E-state index in [4.69, 9.17) is 9.47 Å². The van der Waals surface area contributed by atoms with Gasteiger partial charge in [0.1, 0.15) is 0 Å². The first kappa shape index (κ1) is 21.7. The molecule has 0 heterocycles. The molecule has 0 aromatic carbocycles. The molecular weight excluding hydrogens is 292 g/mol. The zero-order valence-corrected chi connectivity index (χ0v) is 15.9. The fourth-order valence-electron chi connectivity index (χ4n) is 2.02. The maximum absolute atomic E-state index is 12.0. The Kier molecular flexibility index (Phi) is 9.85. The zero-order valence-electron chi connectivity index (χ0n) is 15.9. The summed E-state index contributed by atoms with van der Waals surface area (Å²) in [7, 11) is 0. The number of ether oxygens (including phenoxy) is 2. The van der Waals surface area contributed by atoms with E-state index in [1.165, 1.54) is 5.57 Å². The van der Waals surface area contributed by atoms with Crippen LogP contribution in [0.25, 0.3) is 0 Å². The third-order valence-corrected chi connectivity index (χ3v) is 3.49. The van der Waals surface area contributed by atoms with Gasteiger partial charge in [-0.2, -0.15) is 0 Å². The molecule has 1 atom stereocenters. The van der Waals surface area contributed by atoms with Crippen molar-refractivity contribution in [3.05, 3.63) is 11.6 Å². The lowest BCUT2D eigenvalue weighted by Crippen LogP contribution is -2.33. The van der Waals surface area contributed by atoms with Crippen molar-refractivity contribution >= 4 is 11.9 Å². The van der Waals surface area contributed by atoms with E-state index in [0.29, 0.717) is 12.8 Å². The Bertz CT molecular complexity index is 402. The molecule has 4 nitrogen and oxygen atoms in total. The van der Waals surface area contributed by atoms with Crippen LogP contribution in [0.5, 0.6) is 0 Å². The summed E-state index contributed by atoms with van der Waals surface area (Å²) in [5.41, 5.74) is 1.50. The van der Waals surface area contributed by atoms with Crippen molar-refractivity contribution in [3.63, 3.8) is 0 Å². The molecule has 0 amide bonds. The third kappa shape index (κ3) is 10.1. The summed E-state index contributed by atoms with van der Waals surface area (Å²) in [6.45, 7) is 14.4. The molecule has 134 valence electrons. The summed E-state index contributed by atoms with van der Waals surface area (Å²) in [6.07, 6.45) is 4.30. The first-order valence-corrected chi connectivity index (χ1v) is 8.64. The van der Waals surface area contributed by atoms with E-state index < -0.39 is 12.1 Å². The highest BCUT2D eigenvalue weighted by molar-refractivity contribution is 5.79. The van der Waals surface area contributed by atoms with Gasteiger partial charge in [0.05, 0.1) is 6.61 Å². The van der Waals surface area contributed by atoms with Crippen LogP contribution in [0.3, 0.4) is 0 Å². The molecule has 0 rings (SSSR count). The summed E-state index contributed by atoms with van der Waals surface area (Å²) < 4.78 is 10.3. The van der Waals surface area contributed by atoms with Crippen LogP contribution in [-0.4, -0.2) is 24.6 Å². The largest absolute Gasteiger partial charge is 0.463 e. The second-order valence-corrected chi connectivity index (χ2v) is 7.39. The predicted molar refractivity (Wildman–Crippen MR) is 93.0 cm³/mol. The molecule has 23 heavy (non-hydrogen) atoms. The van der Waals surface area contributed by atoms with Crippen LogP contribution >= 0.6 is 0 Å². The van der Waals surface area contributed by atoms with Gasteiger partial charge in [0, 0.05) is 12.3 Å². The Labute approximate surface area is 141 Å². The first-order valence-electron chi connectivity index (χ1n) is 8.64. The van der Waals surface area contributed by atoms with E-state index in [-0.39, 0.29) is 23.9 Å². The van der Waals surface area contributed by atoms with Gasteiger partial charge in [-0.1, -0.05) is 53.2 Å². The molecule has 0 fully saturated rings. The van der Waals surface area contributed by atoms with Crippen molar-refractivity contribution in [1.29, 1.82) is 0 Å². The molecule has 0 aliphatic carbocycles. The normalized spacial score (nSPS) is 13.8. The van der Waals surface area contributed by atoms with Crippen LogP contribution in [0.1, 0.15) is 74.1 Å². The van der Waals surface area contributed by atoms with Gasteiger partial charge in [0.25, 0.3) is 0 Å². The number of hydrogen-bond acceptors (Lipinski definition) is 4. The van der Waals surface area contributed by atoms with Crippen LogP contribution in [0.15, 0.2) is 11.6 Å². The average Bonchev–Trinajstić information content (AvgIpc) is 2.43. The molecule has 0 radical (unpaired) electrons. The summed E-state index contributed by atoms with van der Waals surface area (Å²) >= 11 is 0.